The van der Waals surface area contributed by atoms with Crippen molar-refractivity contribution in [3.05, 3.63) is 46.2 Å². The number of hydrogen-bond donors (Lipinski definition) is 0. The summed E-state index contributed by atoms with van der Waals surface area (Å²) in [4.78, 5) is 12.7. The van der Waals surface area contributed by atoms with Crippen molar-refractivity contribution < 1.29 is 14.1 Å². The molecule has 1 atom stereocenters. The molecule has 0 unspecified atom stereocenters. The average molecular weight is 318 g/mol. The molecule has 0 bridgehead atoms. The molecule has 1 aliphatic rings. The first-order valence-corrected chi connectivity index (χ1v) is 7.55. The first-order chi connectivity index (χ1) is 11.1. The van der Waals surface area contributed by atoms with Crippen molar-refractivity contribution in [1.82, 2.24) is 15.1 Å². The van der Waals surface area contributed by atoms with Gasteiger partial charge in [0.25, 0.3) is 0 Å². The number of nitro groups is 1. The van der Waals surface area contributed by atoms with Crippen LogP contribution < -0.4 is 4.74 Å². The van der Waals surface area contributed by atoms with Gasteiger partial charge < -0.3 is 9.15 Å². The van der Waals surface area contributed by atoms with E-state index in [4.69, 9.17) is 9.15 Å². The van der Waals surface area contributed by atoms with Gasteiger partial charge in [-0.05, 0) is 25.5 Å². The molecule has 0 spiro atoms. The van der Waals surface area contributed by atoms with Gasteiger partial charge in [-0.1, -0.05) is 12.1 Å². The standard InChI is InChI=1S/C15H18N4O4/c1-11-16-17-15(23-11)13-6-4-8-18(13)9-10-22-14-7-3-2-5-12(14)19(20)21/h2-3,5,7,13H,4,6,8-10H2,1H3/t13-/m1/s1. The third kappa shape index (κ3) is 3.48. The monoisotopic (exact) mass is 318 g/mol. The fourth-order valence-electron chi connectivity index (χ4n) is 2.82. The van der Waals surface area contributed by atoms with Crippen molar-refractivity contribution in [3.8, 4) is 5.75 Å². The molecule has 1 aromatic heterocycles. The van der Waals surface area contributed by atoms with Gasteiger partial charge in [0.05, 0.1) is 11.0 Å². The van der Waals surface area contributed by atoms with Crippen LogP contribution in [-0.4, -0.2) is 39.7 Å². The molecular weight excluding hydrogens is 300 g/mol. The molecule has 2 aromatic rings. The number of likely N-dealkylation sites (tertiary alicyclic amines) is 1. The molecule has 1 saturated heterocycles. The second-order valence-electron chi connectivity index (χ2n) is 5.43. The highest BCUT2D eigenvalue weighted by molar-refractivity contribution is 5.45. The maximum Gasteiger partial charge on any atom is 0.310 e. The summed E-state index contributed by atoms with van der Waals surface area (Å²) in [5.74, 6) is 1.48. The fourth-order valence-corrected chi connectivity index (χ4v) is 2.82. The van der Waals surface area contributed by atoms with Gasteiger partial charge in [-0.15, -0.1) is 10.2 Å². The second kappa shape index (κ2) is 6.74. The topological polar surface area (TPSA) is 94.5 Å². The lowest BCUT2D eigenvalue weighted by molar-refractivity contribution is -0.385. The molecule has 0 radical (unpaired) electrons. The second-order valence-corrected chi connectivity index (χ2v) is 5.43. The quantitative estimate of drug-likeness (QED) is 0.596. The number of aromatic nitrogens is 2. The van der Waals surface area contributed by atoms with E-state index in [0.29, 0.717) is 30.7 Å². The highest BCUT2D eigenvalue weighted by Gasteiger charge is 2.30. The highest BCUT2D eigenvalue weighted by Crippen LogP contribution is 2.31. The number of hydrogen-bond acceptors (Lipinski definition) is 7. The van der Waals surface area contributed by atoms with E-state index in [1.807, 2.05) is 0 Å². The van der Waals surface area contributed by atoms with Crippen LogP contribution in [0.3, 0.4) is 0 Å². The molecule has 0 aliphatic carbocycles. The van der Waals surface area contributed by atoms with Crippen molar-refractivity contribution in [2.45, 2.75) is 25.8 Å². The van der Waals surface area contributed by atoms with Crippen LogP contribution in [0.4, 0.5) is 5.69 Å². The third-order valence-electron chi connectivity index (χ3n) is 3.89. The average Bonchev–Trinajstić information content (AvgIpc) is 3.16. The summed E-state index contributed by atoms with van der Waals surface area (Å²) in [5, 5.41) is 18.9. The van der Waals surface area contributed by atoms with E-state index in [-0.39, 0.29) is 11.7 Å². The molecule has 2 heterocycles. The van der Waals surface area contributed by atoms with Crippen LogP contribution in [0.25, 0.3) is 0 Å². The van der Waals surface area contributed by atoms with Gasteiger partial charge in [0, 0.05) is 19.5 Å². The highest BCUT2D eigenvalue weighted by atomic mass is 16.6. The van der Waals surface area contributed by atoms with Crippen LogP contribution >= 0.6 is 0 Å². The van der Waals surface area contributed by atoms with Crippen molar-refractivity contribution in [2.24, 2.45) is 0 Å². The van der Waals surface area contributed by atoms with Crippen molar-refractivity contribution in [3.63, 3.8) is 0 Å². The number of ether oxygens (including phenoxy) is 1. The maximum atomic E-state index is 11.0. The predicted octanol–water partition coefficient (Wildman–Crippen LogP) is 2.50. The normalized spacial score (nSPS) is 18.2. The molecule has 8 nitrogen and oxygen atoms in total. The van der Waals surface area contributed by atoms with Crippen LogP contribution in [-0.2, 0) is 0 Å². The Morgan fingerprint density at radius 1 is 1.43 bits per heavy atom. The molecule has 3 rings (SSSR count). The maximum absolute atomic E-state index is 11.0. The number of benzene rings is 1. The molecule has 0 saturated carbocycles. The molecule has 0 N–H and O–H groups in total. The summed E-state index contributed by atoms with van der Waals surface area (Å²) >= 11 is 0. The SMILES string of the molecule is Cc1nnc([C@H]2CCCN2CCOc2ccccc2[N+](=O)[O-])o1. The van der Waals surface area contributed by atoms with Crippen LogP contribution in [0.5, 0.6) is 5.75 Å². The minimum atomic E-state index is -0.435. The van der Waals surface area contributed by atoms with Gasteiger partial charge in [-0.3, -0.25) is 15.0 Å². The largest absolute Gasteiger partial charge is 0.485 e. The molecule has 1 fully saturated rings. The van der Waals surface area contributed by atoms with Crippen molar-refractivity contribution >= 4 is 5.69 Å². The van der Waals surface area contributed by atoms with Crippen LogP contribution in [0.2, 0.25) is 0 Å². The first-order valence-electron chi connectivity index (χ1n) is 7.55. The van der Waals surface area contributed by atoms with E-state index >= 15 is 0 Å². The molecule has 1 aromatic carbocycles. The molecule has 8 heteroatoms. The van der Waals surface area contributed by atoms with Crippen molar-refractivity contribution in [1.29, 1.82) is 0 Å². The summed E-state index contributed by atoms with van der Waals surface area (Å²) in [6.07, 6.45) is 2.02. The Hall–Kier alpha value is -2.48. The minimum absolute atomic E-state index is 0.0157. The van der Waals surface area contributed by atoms with Gasteiger partial charge in [0.15, 0.2) is 5.75 Å². The number of rotatable bonds is 6. The van der Waals surface area contributed by atoms with Gasteiger partial charge in [0.2, 0.25) is 11.8 Å². The smallest absolute Gasteiger partial charge is 0.310 e. The Balaban J connectivity index is 1.59. The summed E-state index contributed by atoms with van der Waals surface area (Å²) in [6, 6.07) is 6.50. The zero-order chi connectivity index (χ0) is 16.2. The van der Waals surface area contributed by atoms with E-state index in [9.17, 15) is 10.1 Å². The molecule has 122 valence electrons. The van der Waals surface area contributed by atoms with E-state index < -0.39 is 4.92 Å². The van der Waals surface area contributed by atoms with E-state index in [1.54, 1.807) is 25.1 Å². The predicted molar refractivity (Wildman–Crippen MR) is 81.2 cm³/mol. The van der Waals surface area contributed by atoms with E-state index in [0.717, 1.165) is 19.4 Å². The Labute approximate surface area is 133 Å². The Morgan fingerprint density at radius 3 is 3.00 bits per heavy atom. The summed E-state index contributed by atoms with van der Waals surface area (Å²) in [7, 11) is 0. The lowest BCUT2D eigenvalue weighted by Crippen LogP contribution is -2.28. The molecule has 1 aliphatic heterocycles. The number of nitrogens with zero attached hydrogens (tertiary/aromatic N) is 4. The number of nitro benzene ring substituents is 1. The molecule has 0 amide bonds. The zero-order valence-electron chi connectivity index (χ0n) is 12.8. The Kier molecular flexibility index (Phi) is 4.52. The van der Waals surface area contributed by atoms with Gasteiger partial charge in [0.1, 0.15) is 6.61 Å². The first kappa shape index (κ1) is 15.4. The fraction of sp³-hybridized carbons (Fsp3) is 0.467. The summed E-state index contributed by atoms with van der Waals surface area (Å²) in [6.45, 7) is 3.71. The third-order valence-corrected chi connectivity index (χ3v) is 3.89. The zero-order valence-corrected chi connectivity index (χ0v) is 12.8. The van der Waals surface area contributed by atoms with Crippen LogP contribution in [0.1, 0.15) is 30.7 Å². The number of aryl methyl sites for hydroxylation is 1. The van der Waals surface area contributed by atoms with E-state index in [1.165, 1.54) is 6.07 Å². The van der Waals surface area contributed by atoms with Gasteiger partial charge >= 0.3 is 5.69 Å². The summed E-state index contributed by atoms with van der Waals surface area (Å²) in [5.41, 5.74) is -0.0157. The lowest BCUT2D eigenvalue weighted by atomic mass is 10.2. The van der Waals surface area contributed by atoms with Crippen LogP contribution in [0.15, 0.2) is 28.7 Å². The van der Waals surface area contributed by atoms with Crippen molar-refractivity contribution in [2.75, 3.05) is 19.7 Å². The lowest BCUT2D eigenvalue weighted by Gasteiger charge is -2.21. The van der Waals surface area contributed by atoms with Crippen LogP contribution in [0, 0.1) is 17.0 Å². The Bertz CT molecular complexity index is 688. The Morgan fingerprint density at radius 2 is 2.26 bits per heavy atom. The van der Waals surface area contributed by atoms with E-state index in [2.05, 4.69) is 15.1 Å². The van der Waals surface area contributed by atoms with Gasteiger partial charge in [-0.2, -0.15) is 0 Å². The number of para-hydroxylation sites is 2. The molecule has 23 heavy (non-hydrogen) atoms. The summed E-state index contributed by atoms with van der Waals surface area (Å²) < 4.78 is 11.1. The van der Waals surface area contributed by atoms with Gasteiger partial charge in [-0.25, -0.2) is 0 Å². The minimum Gasteiger partial charge on any atom is -0.485 e. The molecular formula is C15H18N4O4.